The zero-order valence-electron chi connectivity index (χ0n) is 16.0. The number of carbonyl (C=O) groups is 1. The number of aromatic nitrogens is 2. The number of nitrogens with zero attached hydrogens (tertiary/aromatic N) is 2. The predicted octanol–water partition coefficient (Wildman–Crippen LogP) is 3.20. The van der Waals surface area contributed by atoms with E-state index in [0.717, 1.165) is 36.1 Å². The van der Waals surface area contributed by atoms with E-state index in [-0.39, 0.29) is 12.1 Å². The number of imidazole rings is 1. The standard InChI is InChI=1S/C20H30N4O2/c1-13(2)10-18(25)15-6-8-24(9-7-15)20(26)21-12-19-22-16-5-4-14(3)11-17(16)23-19/h4-5,11,13,15,18,25H,6-10,12H2,1-3H3,(H,21,26)(H,22,23). The zero-order chi connectivity index (χ0) is 18.7. The molecule has 1 aromatic carbocycles. The number of rotatable bonds is 5. The van der Waals surface area contributed by atoms with E-state index in [1.54, 1.807) is 0 Å². The van der Waals surface area contributed by atoms with E-state index in [2.05, 4.69) is 35.2 Å². The number of nitrogens with one attached hydrogen (secondary N) is 2. The lowest BCUT2D eigenvalue weighted by Crippen LogP contribution is -2.46. The van der Waals surface area contributed by atoms with E-state index in [0.29, 0.717) is 31.5 Å². The van der Waals surface area contributed by atoms with Crippen LogP contribution in [0.25, 0.3) is 11.0 Å². The molecule has 0 saturated carbocycles. The fraction of sp³-hybridized carbons (Fsp3) is 0.600. The van der Waals surface area contributed by atoms with Gasteiger partial charge in [0.25, 0.3) is 0 Å². The molecule has 3 rings (SSSR count). The highest BCUT2D eigenvalue weighted by atomic mass is 16.3. The molecule has 1 aliphatic heterocycles. The predicted molar refractivity (Wildman–Crippen MR) is 103 cm³/mol. The van der Waals surface area contributed by atoms with Crippen LogP contribution in [0.1, 0.15) is 44.5 Å². The Hall–Kier alpha value is -2.08. The molecule has 142 valence electrons. The van der Waals surface area contributed by atoms with Crippen molar-refractivity contribution in [3.63, 3.8) is 0 Å². The molecule has 2 aromatic rings. The number of amides is 2. The fourth-order valence-corrected chi connectivity index (χ4v) is 3.69. The average Bonchev–Trinajstić information content (AvgIpc) is 3.01. The number of aliphatic hydroxyl groups is 1. The lowest BCUT2D eigenvalue weighted by Gasteiger charge is -2.34. The maximum Gasteiger partial charge on any atom is 0.317 e. The van der Waals surface area contributed by atoms with Crippen molar-refractivity contribution < 1.29 is 9.90 Å². The molecule has 3 N–H and O–H groups in total. The highest BCUT2D eigenvalue weighted by Crippen LogP contribution is 2.24. The molecular weight excluding hydrogens is 328 g/mol. The van der Waals surface area contributed by atoms with Gasteiger partial charge in [-0.3, -0.25) is 0 Å². The number of fused-ring (bicyclic) bond motifs is 1. The Kier molecular flexibility index (Phi) is 5.81. The summed E-state index contributed by atoms with van der Waals surface area (Å²) in [6, 6.07) is 6.02. The van der Waals surface area contributed by atoms with Crippen LogP contribution < -0.4 is 5.32 Å². The second-order valence-corrected chi connectivity index (χ2v) is 7.88. The van der Waals surface area contributed by atoms with E-state index in [4.69, 9.17) is 0 Å². The molecule has 26 heavy (non-hydrogen) atoms. The Balaban J connectivity index is 1.48. The maximum atomic E-state index is 12.4. The Morgan fingerprint density at radius 3 is 2.81 bits per heavy atom. The minimum Gasteiger partial charge on any atom is -0.393 e. The topological polar surface area (TPSA) is 81.2 Å². The minimum absolute atomic E-state index is 0.0570. The third-order valence-electron chi connectivity index (χ3n) is 5.18. The molecule has 0 aliphatic carbocycles. The molecule has 0 spiro atoms. The lowest BCUT2D eigenvalue weighted by molar-refractivity contribution is 0.0520. The first-order chi connectivity index (χ1) is 12.4. The number of H-pyrrole nitrogens is 1. The quantitative estimate of drug-likeness (QED) is 0.768. The summed E-state index contributed by atoms with van der Waals surface area (Å²) in [5.41, 5.74) is 3.09. The van der Waals surface area contributed by atoms with Crippen LogP contribution in [0.15, 0.2) is 18.2 Å². The Morgan fingerprint density at radius 1 is 1.38 bits per heavy atom. The van der Waals surface area contributed by atoms with Gasteiger partial charge in [0.15, 0.2) is 0 Å². The highest BCUT2D eigenvalue weighted by molar-refractivity contribution is 5.76. The number of aromatic amines is 1. The van der Waals surface area contributed by atoms with Crippen LogP contribution in [-0.4, -0.2) is 45.2 Å². The van der Waals surface area contributed by atoms with Gasteiger partial charge in [-0.05, 0) is 55.7 Å². The van der Waals surface area contributed by atoms with Crippen LogP contribution in [0.2, 0.25) is 0 Å². The molecule has 1 aromatic heterocycles. The summed E-state index contributed by atoms with van der Waals surface area (Å²) in [5, 5.41) is 13.2. The second kappa shape index (κ2) is 8.08. The average molecular weight is 358 g/mol. The van der Waals surface area contributed by atoms with Crippen molar-refractivity contribution in [3.05, 3.63) is 29.6 Å². The molecule has 1 unspecified atom stereocenters. The van der Waals surface area contributed by atoms with Crippen LogP contribution in [0, 0.1) is 18.8 Å². The van der Waals surface area contributed by atoms with Crippen LogP contribution >= 0.6 is 0 Å². The highest BCUT2D eigenvalue weighted by Gasteiger charge is 2.27. The van der Waals surface area contributed by atoms with Crippen molar-refractivity contribution in [2.45, 2.75) is 52.7 Å². The van der Waals surface area contributed by atoms with Crippen molar-refractivity contribution in [1.82, 2.24) is 20.2 Å². The van der Waals surface area contributed by atoms with Gasteiger partial charge in [-0.2, -0.15) is 0 Å². The SMILES string of the molecule is Cc1ccc2nc(CNC(=O)N3CCC(C(O)CC(C)C)CC3)[nH]c2c1. The summed E-state index contributed by atoms with van der Waals surface area (Å²) in [7, 11) is 0. The van der Waals surface area contributed by atoms with Crippen LogP contribution in [0.5, 0.6) is 0 Å². The normalized spacial score (nSPS) is 17.0. The van der Waals surface area contributed by atoms with Gasteiger partial charge in [-0.25, -0.2) is 9.78 Å². The van der Waals surface area contributed by atoms with Crippen molar-refractivity contribution in [2.75, 3.05) is 13.1 Å². The van der Waals surface area contributed by atoms with Crippen LogP contribution in [0.3, 0.4) is 0 Å². The molecule has 6 heteroatoms. The molecule has 1 fully saturated rings. The molecule has 0 radical (unpaired) electrons. The van der Waals surface area contributed by atoms with Crippen LogP contribution in [0.4, 0.5) is 4.79 Å². The first-order valence-corrected chi connectivity index (χ1v) is 9.58. The van der Waals surface area contributed by atoms with Crippen molar-refractivity contribution >= 4 is 17.1 Å². The first-order valence-electron chi connectivity index (χ1n) is 9.58. The largest absolute Gasteiger partial charge is 0.393 e. The molecule has 1 aliphatic rings. The number of benzene rings is 1. The van der Waals surface area contributed by atoms with Crippen molar-refractivity contribution in [1.29, 1.82) is 0 Å². The Labute approximate surface area is 155 Å². The van der Waals surface area contributed by atoms with Crippen molar-refractivity contribution in [3.8, 4) is 0 Å². The van der Waals surface area contributed by atoms with E-state index in [1.165, 1.54) is 5.56 Å². The van der Waals surface area contributed by atoms with Gasteiger partial charge in [0.05, 0.1) is 23.7 Å². The minimum atomic E-state index is -0.251. The summed E-state index contributed by atoms with van der Waals surface area (Å²) >= 11 is 0. The molecule has 6 nitrogen and oxygen atoms in total. The summed E-state index contributed by atoms with van der Waals surface area (Å²) in [6.07, 6.45) is 2.32. The number of piperidine rings is 1. The molecule has 1 atom stereocenters. The summed E-state index contributed by atoms with van der Waals surface area (Å²) in [4.78, 5) is 22.0. The number of carbonyl (C=O) groups excluding carboxylic acids is 1. The Bertz CT molecular complexity index is 747. The number of aliphatic hydroxyl groups excluding tert-OH is 1. The molecular formula is C20H30N4O2. The zero-order valence-corrected chi connectivity index (χ0v) is 16.0. The summed E-state index contributed by atoms with van der Waals surface area (Å²) < 4.78 is 0. The lowest BCUT2D eigenvalue weighted by atomic mass is 9.87. The Morgan fingerprint density at radius 2 is 2.12 bits per heavy atom. The van der Waals surface area contributed by atoms with Gasteiger partial charge in [0, 0.05) is 13.1 Å². The number of likely N-dealkylation sites (tertiary alicyclic amines) is 1. The van der Waals surface area contributed by atoms with Crippen molar-refractivity contribution in [2.24, 2.45) is 11.8 Å². The third kappa shape index (κ3) is 4.55. The smallest absolute Gasteiger partial charge is 0.317 e. The van der Waals surface area contributed by atoms with Crippen LogP contribution in [-0.2, 0) is 6.54 Å². The van der Waals surface area contributed by atoms with E-state index in [1.807, 2.05) is 24.0 Å². The van der Waals surface area contributed by atoms with Gasteiger partial charge in [-0.1, -0.05) is 19.9 Å². The monoisotopic (exact) mass is 358 g/mol. The number of hydrogen-bond donors (Lipinski definition) is 3. The molecule has 1 saturated heterocycles. The number of aryl methyl sites for hydroxylation is 1. The van der Waals surface area contributed by atoms with Gasteiger partial charge >= 0.3 is 6.03 Å². The van der Waals surface area contributed by atoms with E-state index >= 15 is 0 Å². The van der Waals surface area contributed by atoms with Gasteiger partial charge in [0.1, 0.15) is 5.82 Å². The van der Waals surface area contributed by atoms with E-state index in [9.17, 15) is 9.90 Å². The third-order valence-corrected chi connectivity index (χ3v) is 5.18. The first kappa shape index (κ1) is 18.7. The van der Waals surface area contributed by atoms with Gasteiger partial charge < -0.3 is 20.3 Å². The maximum absolute atomic E-state index is 12.4. The fourth-order valence-electron chi connectivity index (χ4n) is 3.69. The van der Waals surface area contributed by atoms with Gasteiger partial charge in [-0.15, -0.1) is 0 Å². The van der Waals surface area contributed by atoms with E-state index < -0.39 is 0 Å². The molecule has 0 bridgehead atoms. The van der Waals surface area contributed by atoms with Gasteiger partial charge in [0.2, 0.25) is 0 Å². The molecule has 2 amide bonds. The molecule has 2 heterocycles. The summed E-state index contributed by atoms with van der Waals surface area (Å²) in [5.74, 6) is 1.57. The summed E-state index contributed by atoms with van der Waals surface area (Å²) in [6.45, 7) is 8.10. The second-order valence-electron chi connectivity index (χ2n) is 7.88. The number of hydrogen-bond acceptors (Lipinski definition) is 3. The number of urea groups is 1.